The number of nitrogens with zero attached hydrogens (tertiary/aromatic N) is 4. The summed E-state index contributed by atoms with van der Waals surface area (Å²) in [4.78, 5) is 6.44. The molecule has 0 N–H and O–H groups in total. The van der Waals surface area contributed by atoms with Crippen LogP contribution in [0.25, 0.3) is 11.5 Å². The fraction of sp³-hybridized carbons (Fsp3) is 0.353. The van der Waals surface area contributed by atoms with Crippen LogP contribution in [0, 0.1) is 19.7 Å². The summed E-state index contributed by atoms with van der Waals surface area (Å²) in [5, 5.41) is 7.63. The predicted octanol–water partition coefficient (Wildman–Crippen LogP) is 3.12. The molecule has 8 heteroatoms. The molecule has 0 amide bonds. The molecule has 7 nitrogen and oxygen atoms in total. The highest BCUT2D eigenvalue weighted by Gasteiger charge is 2.17. The molecule has 0 saturated heterocycles. The fourth-order valence-electron chi connectivity index (χ4n) is 2.45. The average Bonchev–Trinajstić information content (AvgIpc) is 3.13. The summed E-state index contributed by atoms with van der Waals surface area (Å²) in [6.07, 6.45) is 0. The molecule has 0 saturated carbocycles. The molecule has 0 bridgehead atoms. The number of methoxy groups -OCH3 is 1. The van der Waals surface area contributed by atoms with Gasteiger partial charge in [-0.2, -0.15) is 0 Å². The van der Waals surface area contributed by atoms with Crippen molar-refractivity contribution in [2.24, 2.45) is 0 Å². The zero-order chi connectivity index (χ0) is 18.0. The Morgan fingerprint density at radius 2 is 1.92 bits per heavy atom. The van der Waals surface area contributed by atoms with Crippen molar-refractivity contribution in [2.75, 3.05) is 14.2 Å². The summed E-state index contributed by atoms with van der Waals surface area (Å²) in [6, 6.07) is 4.57. The van der Waals surface area contributed by atoms with Crippen LogP contribution in [0.5, 0.6) is 5.75 Å². The van der Waals surface area contributed by atoms with Crippen molar-refractivity contribution >= 4 is 0 Å². The monoisotopic (exact) mass is 346 g/mol. The van der Waals surface area contributed by atoms with E-state index in [4.69, 9.17) is 13.8 Å². The lowest BCUT2D eigenvalue weighted by Gasteiger charge is -2.13. The van der Waals surface area contributed by atoms with Gasteiger partial charge < -0.3 is 9.15 Å². The van der Waals surface area contributed by atoms with E-state index in [1.165, 1.54) is 13.2 Å². The van der Waals surface area contributed by atoms with E-state index in [2.05, 4.69) is 15.3 Å². The highest BCUT2D eigenvalue weighted by molar-refractivity contribution is 5.56. The van der Waals surface area contributed by atoms with E-state index in [1.807, 2.05) is 25.8 Å². The van der Waals surface area contributed by atoms with Crippen molar-refractivity contribution in [2.45, 2.75) is 26.9 Å². The molecule has 2 aromatic heterocycles. The van der Waals surface area contributed by atoms with Gasteiger partial charge in [-0.3, -0.25) is 4.90 Å². The Kier molecular flexibility index (Phi) is 4.80. The third-order valence-corrected chi connectivity index (χ3v) is 3.89. The summed E-state index contributed by atoms with van der Waals surface area (Å²) >= 11 is 0. The normalized spacial score (nSPS) is 11.3. The van der Waals surface area contributed by atoms with Crippen molar-refractivity contribution in [3.05, 3.63) is 46.9 Å². The zero-order valence-corrected chi connectivity index (χ0v) is 14.5. The minimum Gasteiger partial charge on any atom is -0.497 e. The van der Waals surface area contributed by atoms with Crippen molar-refractivity contribution in [3.63, 3.8) is 0 Å². The second kappa shape index (κ2) is 7.02. The summed E-state index contributed by atoms with van der Waals surface area (Å²) in [5.74, 6) is 0.901. The quantitative estimate of drug-likeness (QED) is 0.678. The second-order valence-electron chi connectivity index (χ2n) is 5.84. The average molecular weight is 346 g/mol. The minimum absolute atomic E-state index is 0.250. The van der Waals surface area contributed by atoms with Crippen LogP contribution in [0.2, 0.25) is 0 Å². The van der Waals surface area contributed by atoms with Gasteiger partial charge in [-0.15, -0.1) is 0 Å². The Hall–Kier alpha value is -2.74. The molecule has 0 aliphatic heterocycles. The Bertz CT molecular complexity index is 875. The molecule has 0 atom stereocenters. The largest absolute Gasteiger partial charge is 0.497 e. The van der Waals surface area contributed by atoms with E-state index in [0.29, 0.717) is 30.2 Å². The zero-order valence-electron chi connectivity index (χ0n) is 14.5. The maximum absolute atomic E-state index is 14.2. The SMILES string of the molecule is COc1ccc(-c2nc(CN(C)Cc3nonc3C)c(C)o2)c(F)c1. The van der Waals surface area contributed by atoms with Crippen LogP contribution in [0.15, 0.2) is 27.2 Å². The Labute approximate surface area is 144 Å². The topological polar surface area (TPSA) is 77.4 Å². The molecule has 3 aromatic rings. The summed E-state index contributed by atoms with van der Waals surface area (Å²) < 4.78 is 29.6. The number of hydrogen-bond acceptors (Lipinski definition) is 7. The molecule has 0 spiro atoms. The first-order valence-electron chi connectivity index (χ1n) is 7.74. The third kappa shape index (κ3) is 3.69. The summed E-state index contributed by atoms with van der Waals surface area (Å²) in [6.45, 7) is 4.74. The van der Waals surface area contributed by atoms with Gasteiger partial charge in [-0.05, 0) is 33.0 Å². The van der Waals surface area contributed by atoms with Crippen LogP contribution in [0.3, 0.4) is 0 Å². The molecule has 0 fully saturated rings. The number of rotatable bonds is 6. The third-order valence-electron chi connectivity index (χ3n) is 3.89. The molecular weight excluding hydrogens is 327 g/mol. The lowest BCUT2D eigenvalue weighted by molar-refractivity contribution is 0.277. The standard InChI is InChI=1S/C17H19FN4O3/c1-10-15(21-25-20-10)8-22(3)9-16-11(2)24-17(19-16)13-6-5-12(23-4)7-14(13)18/h5-7H,8-9H2,1-4H3. The van der Waals surface area contributed by atoms with E-state index in [-0.39, 0.29) is 5.89 Å². The number of ether oxygens (including phenoxy) is 1. The number of aryl methyl sites for hydroxylation is 2. The van der Waals surface area contributed by atoms with Gasteiger partial charge in [0.1, 0.15) is 28.7 Å². The van der Waals surface area contributed by atoms with Gasteiger partial charge >= 0.3 is 0 Å². The van der Waals surface area contributed by atoms with Crippen molar-refractivity contribution in [1.29, 1.82) is 0 Å². The molecular formula is C17H19FN4O3. The number of oxazole rings is 1. The maximum Gasteiger partial charge on any atom is 0.229 e. The van der Waals surface area contributed by atoms with Crippen LogP contribution in [0.1, 0.15) is 22.8 Å². The van der Waals surface area contributed by atoms with Crippen molar-refractivity contribution < 1.29 is 18.2 Å². The highest BCUT2D eigenvalue weighted by Crippen LogP contribution is 2.27. The van der Waals surface area contributed by atoms with Crippen LogP contribution < -0.4 is 4.74 Å². The minimum atomic E-state index is -0.440. The number of benzene rings is 1. The first kappa shape index (κ1) is 17.1. The Morgan fingerprint density at radius 1 is 1.16 bits per heavy atom. The molecule has 1 aromatic carbocycles. The number of aromatic nitrogens is 3. The molecule has 132 valence electrons. The second-order valence-corrected chi connectivity index (χ2v) is 5.84. The smallest absolute Gasteiger partial charge is 0.229 e. The first-order valence-corrected chi connectivity index (χ1v) is 7.74. The van der Waals surface area contributed by atoms with Crippen molar-refractivity contribution in [3.8, 4) is 17.2 Å². The van der Waals surface area contributed by atoms with Crippen LogP contribution in [0.4, 0.5) is 4.39 Å². The van der Waals surface area contributed by atoms with Gasteiger partial charge in [-0.25, -0.2) is 14.0 Å². The number of hydrogen-bond donors (Lipinski definition) is 0. The first-order chi connectivity index (χ1) is 12.0. The maximum atomic E-state index is 14.2. The fourth-order valence-corrected chi connectivity index (χ4v) is 2.45. The molecule has 25 heavy (non-hydrogen) atoms. The van der Waals surface area contributed by atoms with E-state index >= 15 is 0 Å². The van der Waals surface area contributed by atoms with Crippen LogP contribution in [-0.4, -0.2) is 34.4 Å². The van der Waals surface area contributed by atoms with E-state index in [1.54, 1.807) is 12.1 Å². The molecule has 3 rings (SSSR count). The number of halogens is 1. The van der Waals surface area contributed by atoms with Crippen molar-refractivity contribution in [1.82, 2.24) is 20.2 Å². The van der Waals surface area contributed by atoms with Crippen LogP contribution >= 0.6 is 0 Å². The Morgan fingerprint density at radius 3 is 2.56 bits per heavy atom. The molecule has 0 aliphatic carbocycles. The highest BCUT2D eigenvalue weighted by atomic mass is 19.1. The van der Waals surface area contributed by atoms with Gasteiger partial charge in [0.15, 0.2) is 0 Å². The van der Waals surface area contributed by atoms with E-state index < -0.39 is 5.82 Å². The van der Waals surface area contributed by atoms with Gasteiger partial charge in [0.2, 0.25) is 5.89 Å². The van der Waals surface area contributed by atoms with Gasteiger partial charge in [-0.1, -0.05) is 10.3 Å². The summed E-state index contributed by atoms with van der Waals surface area (Å²) in [5.41, 5.74) is 2.56. The lowest BCUT2D eigenvalue weighted by Crippen LogP contribution is -2.18. The summed E-state index contributed by atoms with van der Waals surface area (Å²) in [7, 11) is 3.42. The molecule has 0 radical (unpaired) electrons. The van der Waals surface area contributed by atoms with Gasteiger partial charge in [0.05, 0.1) is 18.4 Å². The molecule has 0 unspecified atom stereocenters. The van der Waals surface area contributed by atoms with E-state index in [9.17, 15) is 4.39 Å². The van der Waals surface area contributed by atoms with E-state index in [0.717, 1.165) is 17.1 Å². The van der Waals surface area contributed by atoms with Gasteiger partial charge in [0, 0.05) is 19.2 Å². The molecule has 0 aliphatic rings. The predicted molar refractivity (Wildman–Crippen MR) is 87.4 cm³/mol. The van der Waals surface area contributed by atoms with Crippen LogP contribution in [-0.2, 0) is 13.1 Å². The Balaban J connectivity index is 1.77. The molecule has 2 heterocycles. The lowest BCUT2D eigenvalue weighted by atomic mass is 10.2. The van der Waals surface area contributed by atoms with Gasteiger partial charge in [0.25, 0.3) is 0 Å².